The van der Waals surface area contributed by atoms with Crippen molar-refractivity contribution in [2.45, 2.75) is 19.5 Å². The van der Waals surface area contributed by atoms with E-state index in [-0.39, 0.29) is 17.9 Å². The maximum atomic E-state index is 13.3. The van der Waals surface area contributed by atoms with Crippen LogP contribution < -0.4 is 9.47 Å². The summed E-state index contributed by atoms with van der Waals surface area (Å²) >= 11 is 1.25. The Hall–Kier alpha value is -3.52. The normalized spacial score (nSPS) is 16.1. The number of carbonyl (C=O) groups excluding carboxylic acids is 2. The fraction of sp³-hybridized carbons (Fsp3) is 0.217. The highest BCUT2D eigenvalue weighted by molar-refractivity contribution is 7.12. The molecule has 1 N–H and O–H groups in total. The Bertz CT molecular complexity index is 1120. The largest absolute Gasteiger partial charge is 0.503 e. The van der Waals surface area contributed by atoms with Gasteiger partial charge in [-0.2, -0.15) is 0 Å². The number of aliphatic hydroxyl groups excluding tert-OH is 1. The number of amides is 1. The molecule has 0 radical (unpaired) electrons. The first-order chi connectivity index (χ1) is 15.0. The van der Waals surface area contributed by atoms with Crippen LogP contribution in [0.15, 0.2) is 69.9 Å². The van der Waals surface area contributed by atoms with Crippen molar-refractivity contribution in [2.75, 3.05) is 13.7 Å². The van der Waals surface area contributed by atoms with Gasteiger partial charge >= 0.3 is 0 Å². The number of methoxy groups -OCH3 is 1. The van der Waals surface area contributed by atoms with E-state index >= 15 is 0 Å². The van der Waals surface area contributed by atoms with Crippen molar-refractivity contribution in [1.29, 1.82) is 0 Å². The molecule has 1 atom stereocenters. The van der Waals surface area contributed by atoms with Crippen molar-refractivity contribution in [3.63, 3.8) is 0 Å². The summed E-state index contributed by atoms with van der Waals surface area (Å²) in [6.45, 7) is 2.43. The zero-order valence-corrected chi connectivity index (χ0v) is 17.8. The molecule has 1 aliphatic rings. The molecule has 8 heteroatoms. The van der Waals surface area contributed by atoms with Crippen LogP contribution in [-0.2, 0) is 11.3 Å². The molecular formula is C23H21NO6S. The molecule has 31 heavy (non-hydrogen) atoms. The van der Waals surface area contributed by atoms with E-state index in [0.29, 0.717) is 34.3 Å². The van der Waals surface area contributed by atoms with E-state index in [1.165, 1.54) is 29.6 Å². The van der Waals surface area contributed by atoms with Gasteiger partial charge in [0.2, 0.25) is 5.78 Å². The predicted molar refractivity (Wildman–Crippen MR) is 114 cm³/mol. The third-order valence-corrected chi connectivity index (χ3v) is 5.87. The number of rotatable bonds is 8. The van der Waals surface area contributed by atoms with Gasteiger partial charge in [-0.1, -0.05) is 12.1 Å². The third kappa shape index (κ3) is 3.82. The summed E-state index contributed by atoms with van der Waals surface area (Å²) in [5.74, 6) is -0.0134. The fourth-order valence-corrected chi connectivity index (χ4v) is 4.31. The van der Waals surface area contributed by atoms with E-state index in [1.54, 1.807) is 47.8 Å². The van der Waals surface area contributed by atoms with Crippen LogP contribution in [0.25, 0.3) is 0 Å². The highest BCUT2D eigenvalue weighted by Crippen LogP contribution is 2.42. The van der Waals surface area contributed by atoms with E-state index in [0.717, 1.165) is 0 Å². The van der Waals surface area contributed by atoms with Crippen molar-refractivity contribution < 1.29 is 28.6 Å². The Morgan fingerprint density at radius 3 is 2.71 bits per heavy atom. The Morgan fingerprint density at radius 1 is 1.23 bits per heavy atom. The molecule has 0 spiro atoms. The lowest BCUT2D eigenvalue weighted by Crippen LogP contribution is -2.30. The molecule has 7 nitrogen and oxygen atoms in total. The molecule has 1 amide bonds. The Labute approximate surface area is 183 Å². The highest BCUT2D eigenvalue weighted by Gasteiger charge is 2.44. The number of ether oxygens (including phenoxy) is 2. The van der Waals surface area contributed by atoms with Crippen molar-refractivity contribution in [3.8, 4) is 11.5 Å². The zero-order valence-electron chi connectivity index (χ0n) is 17.0. The fourth-order valence-electron chi connectivity index (χ4n) is 3.64. The minimum absolute atomic E-state index is 0.0326. The molecule has 0 fully saturated rings. The molecule has 160 valence electrons. The summed E-state index contributed by atoms with van der Waals surface area (Å²) in [4.78, 5) is 28.1. The molecule has 2 aromatic heterocycles. The van der Waals surface area contributed by atoms with Crippen molar-refractivity contribution in [3.05, 3.63) is 81.6 Å². The van der Waals surface area contributed by atoms with Crippen molar-refractivity contribution in [1.82, 2.24) is 4.90 Å². The molecule has 0 aliphatic carbocycles. The number of Topliss-reactive ketones (excluding diaryl/α,β-unsaturated/α-hetero) is 1. The quantitative estimate of drug-likeness (QED) is 0.519. The molecule has 4 rings (SSSR count). The molecular weight excluding hydrogens is 418 g/mol. The minimum atomic E-state index is -0.809. The van der Waals surface area contributed by atoms with Gasteiger partial charge in [0.15, 0.2) is 17.3 Å². The van der Waals surface area contributed by atoms with Crippen LogP contribution in [0.5, 0.6) is 11.5 Å². The number of carbonyl (C=O) groups is 2. The summed E-state index contributed by atoms with van der Waals surface area (Å²) in [5, 5.41) is 12.5. The summed E-state index contributed by atoms with van der Waals surface area (Å²) in [6.07, 6.45) is 1.51. The van der Waals surface area contributed by atoms with Gasteiger partial charge in [-0.15, -0.1) is 11.3 Å². The summed E-state index contributed by atoms with van der Waals surface area (Å²) in [6, 6.07) is 11.3. The number of hydrogen-bond donors (Lipinski definition) is 1. The van der Waals surface area contributed by atoms with Crippen LogP contribution in [0.4, 0.5) is 0 Å². The van der Waals surface area contributed by atoms with E-state index in [4.69, 9.17) is 13.9 Å². The summed E-state index contributed by atoms with van der Waals surface area (Å²) in [7, 11) is 1.52. The average molecular weight is 439 g/mol. The van der Waals surface area contributed by atoms with E-state index < -0.39 is 17.7 Å². The predicted octanol–water partition coefficient (Wildman–Crippen LogP) is 4.53. The Balaban J connectivity index is 1.81. The average Bonchev–Trinajstić information content (AvgIpc) is 3.53. The lowest BCUT2D eigenvalue weighted by Gasteiger charge is -2.26. The maximum Gasteiger partial charge on any atom is 0.290 e. The molecule has 1 aliphatic heterocycles. The van der Waals surface area contributed by atoms with Crippen LogP contribution >= 0.6 is 11.3 Å². The van der Waals surface area contributed by atoms with Crippen LogP contribution in [0.3, 0.4) is 0 Å². The van der Waals surface area contributed by atoms with E-state index in [2.05, 4.69) is 0 Å². The highest BCUT2D eigenvalue weighted by atomic mass is 32.1. The lowest BCUT2D eigenvalue weighted by molar-refractivity contribution is -0.130. The number of ketones is 1. The van der Waals surface area contributed by atoms with Gasteiger partial charge in [-0.3, -0.25) is 9.59 Å². The van der Waals surface area contributed by atoms with Crippen LogP contribution in [0.1, 0.15) is 34.0 Å². The topological polar surface area (TPSA) is 89.2 Å². The summed E-state index contributed by atoms with van der Waals surface area (Å²) in [5.41, 5.74) is 0.648. The number of thiophene rings is 1. The van der Waals surface area contributed by atoms with E-state index in [9.17, 15) is 14.7 Å². The number of hydrogen-bond acceptors (Lipinski definition) is 7. The van der Waals surface area contributed by atoms with Gasteiger partial charge in [-0.25, -0.2) is 0 Å². The first-order valence-corrected chi connectivity index (χ1v) is 10.6. The molecule has 3 heterocycles. The summed E-state index contributed by atoms with van der Waals surface area (Å²) < 4.78 is 16.4. The molecule has 3 aromatic rings. The second kappa shape index (κ2) is 8.69. The van der Waals surface area contributed by atoms with Gasteiger partial charge in [-0.05, 0) is 48.2 Å². The first kappa shape index (κ1) is 20.7. The third-order valence-electron chi connectivity index (χ3n) is 5.00. The van der Waals surface area contributed by atoms with Crippen LogP contribution in [0.2, 0.25) is 0 Å². The van der Waals surface area contributed by atoms with Gasteiger partial charge in [0.05, 0.1) is 43.0 Å². The molecule has 0 bridgehead atoms. The standard InChI is InChI=1S/C23H21NO6S/c1-3-29-16-9-8-14(12-17(16)28-2)20-19(21(25)18-7-5-11-31-18)22(26)23(27)24(20)13-15-6-4-10-30-15/h4-12,20,26H,3,13H2,1-2H3. The first-order valence-electron chi connectivity index (χ1n) is 9.70. The maximum absolute atomic E-state index is 13.3. The van der Waals surface area contributed by atoms with E-state index in [1.807, 2.05) is 6.92 Å². The number of benzene rings is 1. The van der Waals surface area contributed by atoms with Crippen molar-refractivity contribution >= 4 is 23.0 Å². The van der Waals surface area contributed by atoms with Gasteiger partial charge in [0.25, 0.3) is 5.91 Å². The molecule has 1 aromatic carbocycles. The molecule has 0 saturated carbocycles. The van der Waals surface area contributed by atoms with Crippen LogP contribution in [0, 0.1) is 0 Å². The number of furan rings is 1. The lowest BCUT2D eigenvalue weighted by atomic mass is 9.95. The van der Waals surface area contributed by atoms with Gasteiger partial charge in [0, 0.05) is 0 Å². The number of aliphatic hydroxyl groups is 1. The smallest absolute Gasteiger partial charge is 0.290 e. The van der Waals surface area contributed by atoms with Gasteiger partial charge in [0.1, 0.15) is 5.76 Å². The van der Waals surface area contributed by atoms with Gasteiger partial charge < -0.3 is 23.9 Å². The Morgan fingerprint density at radius 2 is 2.06 bits per heavy atom. The minimum Gasteiger partial charge on any atom is -0.503 e. The molecule has 1 unspecified atom stereocenters. The zero-order chi connectivity index (χ0) is 22.0. The van der Waals surface area contributed by atoms with Crippen molar-refractivity contribution in [2.24, 2.45) is 0 Å². The second-order valence-electron chi connectivity index (χ2n) is 6.83. The second-order valence-corrected chi connectivity index (χ2v) is 7.77. The Kier molecular flexibility index (Phi) is 5.81. The monoisotopic (exact) mass is 439 g/mol. The molecule has 0 saturated heterocycles. The van der Waals surface area contributed by atoms with Crippen LogP contribution in [-0.4, -0.2) is 35.4 Å². The SMILES string of the molecule is CCOc1ccc(C2C(C(=O)c3cccs3)=C(O)C(=O)N2Cc2ccco2)cc1OC. The number of nitrogens with zero attached hydrogens (tertiary/aromatic N) is 1.